The number of hydrogen-bond donors (Lipinski definition) is 1. The molecule has 1 aromatic carbocycles. The fraction of sp³-hybridized carbons (Fsp3) is 0.235. The topological polar surface area (TPSA) is 68.3 Å². The highest BCUT2D eigenvalue weighted by atomic mass is 32.2. The van der Waals surface area contributed by atoms with Gasteiger partial charge >= 0.3 is 5.97 Å². The number of anilines is 1. The summed E-state index contributed by atoms with van der Waals surface area (Å²) in [7, 11) is 0. The maximum Gasteiger partial charge on any atom is 0.341 e. The Balaban J connectivity index is 2.02. The first-order valence-electron chi connectivity index (χ1n) is 7.35. The molecule has 25 heavy (non-hydrogen) atoms. The molecule has 2 rings (SSSR count). The van der Waals surface area contributed by atoms with Crippen molar-refractivity contribution in [3.63, 3.8) is 0 Å². The fourth-order valence-corrected chi connectivity index (χ4v) is 2.45. The lowest BCUT2D eigenvalue weighted by atomic mass is 10.2. The number of nitrogens with zero attached hydrogens (tertiary/aromatic N) is 1. The van der Waals surface area contributed by atoms with E-state index in [4.69, 9.17) is 4.74 Å². The van der Waals surface area contributed by atoms with Crippen LogP contribution in [0.15, 0.2) is 47.6 Å². The van der Waals surface area contributed by atoms with E-state index < -0.39 is 23.7 Å². The van der Waals surface area contributed by atoms with E-state index in [0.29, 0.717) is 5.69 Å². The van der Waals surface area contributed by atoms with Crippen LogP contribution >= 0.6 is 11.8 Å². The summed E-state index contributed by atoms with van der Waals surface area (Å²) in [4.78, 5) is 28.0. The predicted octanol–water partition coefficient (Wildman–Crippen LogP) is 3.89. The Morgan fingerprint density at radius 1 is 1.20 bits per heavy atom. The lowest BCUT2D eigenvalue weighted by Gasteiger charge is -2.14. The van der Waals surface area contributed by atoms with E-state index in [0.717, 1.165) is 5.56 Å². The van der Waals surface area contributed by atoms with Gasteiger partial charge in [-0.05, 0) is 49.9 Å². The van der Waals surface area contributed by atoms with Crippen molar-refractivity contribution in [1.82, 2.24) is 4.98 Å². The summed E-state index contributed by atoms with van der Waals surface area (Å²) in [6.07, 6.45) is 0.202. The summed E-state index contributed by atoms with van der Waals surface area (Å²) >= 11 is 0.147. The first-order chi connectivity index (χ1) is 11.9. The van der Waals surface area contributed by atoms with Crippen molar-refractivity contribution in [2.75, 3.05) is 5.32 Å². The summed E-state index contributed by atoms with van der Waals surface area (Å²) in [6, 6.07) is 9.86. The summed E-state index contributed by atoms with van der Waals surface area (Å²) in [5, 5.41) is 2.47. The van der Waals surface area contributed by atoms with E-state index >= 15 is 0 Å². The Bertz CT molecular complexity index is 754. The van der Waals surface area contributed by atoms with Gasteiger partial charge in [0.25, 0.3) is 11.7 Å². The first-order valence-corrected chi connectivity index (χ1v) is 8.23. The number of nitrogens with one attached hydrogen (secondary N) is 1. The normalized spacial score (nSPS) is 11.9. The molecule has 1 N–H and O–H groups in total. The number of aromatic nitrogens is 1. The molecule has 0 saturated heterocycles. The smallest absolute Gasteiger partial charge is 0.341 e. The Labute approximate surface area is 147 Å². The molecule has 0 fully saturated rings. The Morgan fingerprint density at radius 3 is 2.52 bits per heavy atom. The van der Waals surface area contributed by atoms with Crippen LogP contribution in [0.3, 0.4) is 0 Å². The molecule has 0 radical (unpaired) electrons. The van der Waals surface area contributed by atoms with Crippen molar-refractivity contribution in [3.8, 4) is 0 Å². The average Bonchev–Trinajstić information content (AvgIpc) is 2.56. The zero-order valence-electron chi connectivity index (χ0n) is 13.5. The largest absolute Gasteiger partial charge is 0.449 e. The zero-order valence-corrected chi connectivity index (χ0v) is 14.3. The van der Waals surface area contributed by atoms with Gasteiger partial charge in [-0.15, -0.1) is 0 Å². The number of halogens is 2. The highest BCUT2D eigenvalue weighted by molar-refractivity contribution is 7.99. The Kier molecular flexibility index (Phi) is 6.46. The summed E-state index contributed by atoms with van der Waals surface area (Å²) in [5.74, 6) is -4.13. The molecule has 0 saturated carbocycles. The van der Waals surface area contributed by atoms with Crippen molar-refractivity contribution >= 4 is 29.3 Å². The van der Waals surface area contributed by atoms with Gasteiger partial charge in [0.05, 0.1) is 5.56 Å². The van der Waals surface area contributed by atoms with Gasteiger partial charge in [0.1, 0.15) is 5.03 Å². The third kappa shape index (κ3) is 5.53. The van der Waals surface area contributed by atoms with E-state index in [1.165, 1.54) is 25.3 Å². The van der Waals surface area contributed by atoms with Crippen LogP contribution in [0.4, 0.5) is 14.5 Å². The summed E-state index contributed by atoms with van der Waals surface area (Å²) in [6.45, 7) is 3.32. The molecule has 1 atom stereocenters. The molecule has 1 aromatic heterocycles. The molecule has 8 heteroatoms. The fourth-order valence-electron chi connectivity index (χ4n) is 1.88. The summed E-state index contributed by atoms with van der Waals surface area (Å²) < 4.78 is 30.1. The Hall–Kier alpha value is -2.48. The van der Waals surface area contributed by atoms with Gasteiger partial charge in [-0.3, -0.25) is 4.79 Å². The number of rotatable bonds is 6. The predicted molar refractivity (Wildman–Crippen MR) is 90.8 cm³/mol. The molecule has 1 heterocycles. The van der Waals surface area contributed by atoms with Crippen LogP contribution in [0.2, 0.25) is 0 Å². The van der Waals surface area contributed by atoms with Crippen LogP contribution in [0.25, 0.3) is 0 Å². The maximum absolute atomic E-state index is 12.5. The zero-order chi connectivity index (χ0) is 18.4. The number of amides is 1. The van der Waals surface area contributed by atoms with Crippen LogP contribution < -0.4 is 5.32 Å². The molecule has 0 bridgehead atoms. The van der Waals surface area contributed by atoms with Gasteiger partial charge in [-0.2, -0.15) is 8.78 Å². The Morgan fingerprint density at radius 2 is 1.88 bits per heavy atom. The van der Waals surface area contributed by atoms with Crippen LogP contribution in [0, 0.1) is 6.92 Å². The minimum Gasteiger partial charge on any atom is -0.449 e. The second-order valence-corrected chi connectivity index (χ2v) is 6.12. The third-order valence-electron chi connectivity index (χ3n) is 3.16. The van der Waals surface area contributed by atoms with Crippen molar-refractivity contribution in [2.24, 2.45) is 0 Å². The maximum atomic E-state index is 12.5. The van der Waals surface area contributed by atoms with Gasteiger partial charge in [0.2, 0.25) is 0 Å². The van der Waals surface area contributed by atoms with Gasteiger partial charge in [-0.25, -0.2) is 9.78 Å². The minimum atomic E-state index is -2.72. The number of hydrogen-bond acceptors (Lipinski definition) is 5. The summed E-state index contributed by atoms with van der Waals surface area (Å²) in [5.41, 5.74) is 1.50. The van der Waals surface area contributed by atoms with E-state index in [1.807, 2.05) is 19.1 Å². The van der Waals surface area contributed by atoms with Crippen molar-refractivity contribution < 1.29 is 23.1 Å². The standard InChI is InChI=1S/C17H16F2N2O3S/c1-10-5-7-12(8-6-10)21-14(22)11(2)24-16(23)13-4-3-9-20-15(13)25-17(18)19/h3-9,11,17H,1-2H3,(H,21,22)/t11-/m0/s1. The van der Waals surface area contributed by atoms with Gasteiger partial charge in [-0.1, -0.05) is 17.7 Å². The lowest BCUT2D eigenvalue weighted by molar-refractivity contribution is -0.123. The number of thioether (sulfide) groups is 1. The van der Waals surface area contributed by atoms with Crippen molar-refractivity contribution in [3.05, 3.63) is 53.7 Å². The number of ether oxygens (including phenoxy) is 1. The molecule has 1 amide bonds. The first kappa shape index (κ1) is 18.9. The van der Waals surface area contributed by atoms with Crippen LogP contribution in [0.1, 0.15) is 22.8 Å². The number of carbonyl (C=O) groups is 2. The second-order valence-electron chi connectivity index (χ2n) is 5.14. The second kappa shape index (κ2) is 8.57. The van der Waals surface area contributed by atoms with Gasteiger partial charge < -0.3 is 10.1 Å². The van der Waals surface area contributed by atoms with Gasteiger partial charge in [0, 0.05) is 11.9 Å². The van der Waals surface area contributed by atoms with Crippen molar-refractivity contribution in [1.29, 1.82) is 0 Å². The third-order valence-corrected chi connectivity index (χ3v) is 3.89. The molecule has 5 nitrogen and oxygen atoms in total. The molecule has 0 aliphatic heterocycles. The number of aryl methyl sites for hydroxylation is 1. The van der Waals surface area contributed by atoms with E-state index in [2.05, 4.69) is 10.3 Å². The quantitative estimate of drug-likeness (QED) is 0.621. The van der Waals surface area contributed by atoms with Crippen LogP contribution in [-0.4, -0.2) is 28.7 Å². The lowest BCUT2D eigenvalue weighted by Crippen LogP contribution is -2.30. The monoisotopic (exact) mass is 366 g/mol. The van der Waals surface area contributed by atoms with E-state index in [9.17, 15) is 18.4 Å². The molecule has 0 aliphatic carbocycles. The van der Waals surface area contributed by atoms with Gasteiger partial charge in [0.15, 0.2) is 6.10 Å². The SMILES string of the molecule is Cc1ccc(NC(=O)[C@H](C)OC(=O)c2cccnc2SC(F)F)cc1. The molecule has 0 spiro atoms. The van der Waals surface area contributed by atoms with E-state index in [-0.39, 0.29) is 22.4 Å². The number of esters is 1. The number of pyridine rings is 1. The highest BCUT2D eigenvalue weighted by Gasteiger charge is 2.23. The molecule has 2 aromatic rings. The van der Waals surface area contributed by atoms with E-state index in [1.54, 1.807) is 12.1 Å². The molecule has 0 unspecified atom stereocenters. The highest BCUT2D eigenvalue weighted by Crippen LogP contribution is 2.27. The minimum absolute atomic E-state index is 0.109. The molecular weight excluding hydrogens is 350 g/mol. The van der Waals surface area contributed by atoms with Crippen LogP contribution in [0.5, 0.6) is 0 Å². The average molecular weight is 366 g/mol. The van der Waals surface area contributed by atoms with Crippen molar-refractivity contribution in [2.45, 2.75) is 30.7 Å². The number of alkyl halides is 2. The number of benzene rings is 1. The molecule has 132 valence electrons. The molecular formula is C17H16F2N2O3S. The van der Waals surface area contributed by atoms with Crippen LogP contribution in [-0.2, 0) is 9.53 Å². The number of carbonyl (C=O) groups excluding carboxylic acids is 2. The molecule has 0 aliphatic rings.